The molecule has 0 amide bonds. The van der Waals surface area contributed by atoms with Crippen LogP contribution < -0.4 is 11.1 Å². The third kappa shape index (κ3) is 4.32. The molecule has 0 spiro atoms. The zero-order valence-corrected chi connectivity index (χ0v) is 11.7. The Kier molecular flexibility index (Phi) is 5.37. The Bertz CT molecular complexity index is 437. The molecule has 1 rings (SSSR count). The van der Waals surface area contributed by atoms with Crippen LogP contribution >= 0.6 is 28.1 Å². The lowest BCUT2D eigenvalue weighted by atomic mass is 10.1. The van der Waals surface area contributed by atoms with Crippen LogP contribution in [0.2, 0.25) is 0 Å². The Balaban J connectivity index is 2.70. The van der Waals surface area contributed by atoms with Crippen LogP contribution in [0.3, 0.4) is 0 Å². The van der Waals surface area contributed by atoms with E-state index < -0.39 is 0 Å². The largest absolute Gasteiger partial charge is 0.469 e. The minimum absolute atomic E-state index is 0.258. The zero-order valence-electron chi connectivity index (χ0n) is 9.33. The topological polar surface area (TPSA) is 64.3 Å². The van der Waals surface area contributed by atoms with E-state index >= 15 is 0 Å². The molecule has 0 aliphatic heterocycles. The van der Waals surface area contributed by atoms with Crippen molar-refractivity contribution in [3.05, 3.63) is 28.2 Å². The molecule has 92 valence electrons. The van der Waals surface area contributed by atoms with Crippen molar-refractivity contribution in [3.63, 3.8) is 0 Å². The van der Waals surface area contributed by atoms with Gasteiger partial charge in [0.1, 0.15) is 4.99 Å². The number of carbonyl (C=O) groups is 1. The predicted molar refractivity (Wildman–Crippen MR) is 75.2 cm³/mol. The van der Waals surface area contributed by atoms with Crippen molar-refractivity contribution in [3.8, 4) is 0 Å². The fraction of sp³-hybridized carbons (Fsp3) is 0.273. The van der Waals surface area contributed by atoms with Crippen molar-refractivity contribution in [1.29, 1.82) is 0 Å². The summed E-state index contributed by atoms with van der Waals surface area (Å²) in [5, 5.41) is 3.10. The molecular weight excluding hydrogens is 304 g/mol. The molecule has 0 unspecified atom stereocenters. The SMILES string of the molecule is COC(=O)CCNc1ccc(Br)cc1C(N)=S. The first-order chi connectivity index (χ1) is 8.04. The Labute approximate surface area is 114 Å². The normalized spacial score (nSPS) is 9.76. The van der Waals surface area contributed by atoms with Gasteiger partial charge >= 0.3 is 5.97 Å². The van der Waals surface area contributed by atoms with Crippen molar-refractivity contribution in [1.82, 2.24) is 0 Å². The lowest BCUT2D eigenvalue weighted by molar-refractivity contribution is -0.140. The highest BCUT2D eigenvalue weighted by molar-refractivity contribution is 9.10. The molecule has 0 fully saturated rings. The maximum Gasteiger partial charge on any atom is 0.307 e. The molecule has 3 N–H and O–H groups in total. The Morgan fingerprint density at radius 1 is 1.59 bits per heavy atom. The van der Waals surface area contributed by atoms with E-state index in [0.717, 1.165) is 15.7 Å². The number of thiocarbonyl (C=S) groups is 1. The number of carbonyl (C=O) groups excluding carboxylic acids is 1. The van der Waals surface area contributed by atoms with Crippen LogP contribution in [0.1, 0.15) is 12.0 Å². The second-order valence-electron chi connectivity index (χ2n) is 3.31. The number of benzene rings is 1. The fourth-order valence-electron chi connectivity index (χ4n) is 1.28. The standard InChI is InChI=1S/C11H13BrN2O2S/c1-16-10(15)4-5-14-9-3-2-7(12)6-8(9)11(13)17/h2-3,6,14H,4-5H2,1H3,(H2,13,17). The van der Waals surface area contributed by atoms with Gasteiger partial charge in [0, 0.05) is 22.3 Å². The van der Waals surface area contributed by atoms with E-state index in [-0.39, 0.29) is 5.97 Å². The monoisotopic (exact) mass is 316 g/mol. The molecule has 17 heavy (non-hydrogen) atoms. The first-order valence-electron chi connectivity index (χ1n) is 4.94. The number of nitrogens with two attached hydrogens (primary N) is 1. The van der Waals surface area contributed by atoms with Gasteiger partial charge in [-0.25, -0.2) is 0 Å². The molecule has 0 heterocycles. The quantitative estimate of drug-likeness (QED) is 0.643. The number of esters is 1. The smallest absolute Gasteiger partial charge is 0.307 e. The molecule has 0 aliphatic carbocycles. The minimum Gasteiger partial charge on any atom is -0.469 e. The number of hydrogen-bond donors (Lipinski definition) is 2. The van der Waals surface area contributed by atoms with Crippen molar-refractivity contribution in [2.45, 2.75) is 6.42 Å². The summed E-state index contributed by atoms with van der Waals surface area (Å²) in [7, 11) is 1.36. The highest BCUT2D eigenvalue weighted by Gasteiger charge is 2.06. The highest BCUT2D eigenvalue weighted by atomic mass is 79.9. The van der Waals surface area contributed by atoms with Crippen molar-refractivity contribution < 1.29 is 9.53 Å². The van der Waals surface area contributed by atoms with E-state index in [2.05, 4.69) is 26.0 Å². The molecule has 0 saturated heterocycles. The number of anilines is 1. The summed E-state index contributed by atoms with van der Waals surface area (Å²) in [6.45, 7) is 0.476. The van der Waals surface area contributed by atoms with E-state index in [0.29, 0.717) is 18.0 Å². The number of ether oxygens (including phenoxy) is 1. The lowest BCUT2D eigenvalue weighted by Crippen LogP contribution is -2.15. The van der Waals surface area contributed by atoms with Gasteiger partial charge in [0.2, 0.25) is 0 Å². The minimum atomic E-state index is -0.258. The summed E-state index contributed by atoms with van der Waals surface area (Å²) in [6.07, 6.45) is 0.295. The summed E-state index contributed by atoms with van der Waals surface area (Å²) in [5.74, 6) is -0.258. The predicted octanol–water partition coefficient (Wildman–Crippen LogP) is 2.06. The van der Waals surface area contributed by atoms with Crippen LogP contribution in [0.4, 0.5) is 5.69 Å². The summed E-state index contributed by atoms with van der Waals surface area (Å²) in [6, 6.07) is 5.57. The van der Waals surface area contributed by atoms with Crippen LogP contribution in [-0.4, -0.2) is 24.6 Å². The maximum atomic E-state index is 11.0. The number of nitrogens with one attached hydrogen (secondary N) is 1. The van der Waals surface area contributed by atoms with Gasteiger partial charge in [0.05, 0.1) is 13.5 Å². The van der Waals surface area contributed by atoms with Gasteiger partial charge in [-0.1, -0.05) is 28.1 Å². The van der Waals surface area contributed by atoms with Crippen LogP contribution in [0, 0.1) is 0 Å². The molecule has 1 aromatic carbocycles. The van der Waals surface area contributed by atoms with Crippen LogP contribution in [0.5, 0.6) is 0 Å². The van der Waals surface area contributed by atoms with Gasteiger partial charge in [-0.3, -0.25) is 4.79 Å². The third-order valence-electron chi connectivity index (χ3n) is 2.12. The molecule has 6 heteroatoms. The van der Waals surface area contributed by atoms with Gasteiger partial charge < -0.3 is 15.8 Å². The number of hydrogen-bond acceptors (Lipinski definition) is 4. The molecule has 1 aromatic rings. The summed E-state index contributed by atoms with van der Waals surface area (Å²) < 4.78 is 5.45. The first kappa shape index (κ1) is 13.9. The van der Waals surface area contributed by atoms with E-state index in [1.54, 1.807) is 0 Å². The van der Waals surface area contributed by atoms with Crippen molar-refractivity contribution >= 4 is 44.8 Å². The van der Waals surface area contributed by atoms with Crippen molar-refractivity contribution in [2.24, 2.45) is 5.73 Å². The average molecular weight is 317 g/mol. The number of methoxy groups -OCH3 is 1. The van der Waals surface area contributed by atoms with Crippen molar-refractivity contribution in [2.75, 3.05) is 19.0 Å². The van der Waals surface area contributed by atoms with Crippen LogP contribution in [0.25, 0.3) is 0 Å². The summed E-state index contributed by atoms with van der Waals surface area (Å²) in [5.41, 5.74) is 7.18. The second kappa shape index (κ2) is 6.56. The molecule has 0 aromatic heterocycles. The summed E-state index contributed by atoms with van der Waals surface area (Å²) >= 11 is 8.31. The molecule has 4 nitrogen and oxygen atoms in total. The van der Waals surface area contributed by atoms with E-state index in [1.807, 2.05) is 18.2 Å². The van der Waals surface area contributed by atoms with Gasteiger partial charge in [-0.05, 0) is 18.2 Å². The molecule has 0 aliphatic rings. The molecular formula is C11H13BrN2O2S. The van der Waals surface area contributed by atoms with Crippen LogP contribution in [-0.2, 0) is 9.53 Å². The molecule has 0 atom stereocenters. The van der Waals surface area contributed by atoms with Gasteiger partial charge in [-0.15, -0.1) is 0 Å². The first-order valence-corrected chi connectivity index (χ1v) is 6.14. The number of halogens is 1. The fourth-order valence-corrected chi connectivity index (χ4v) is 1.81. The number of rotatable bonds is 5. The summed E-state index contributed by atoms with van der Waals surface area (Å²) in [4.78, 5) is 11.3. The van der Waals surface area contributed by atoms with Gasteiger partial charge in [0.15, 0.2) is 0 Å². The van der Waals surface area contributed by atoms with E-state index in [1.165, 1.54) is 7.11 Å². The molecule has 0 saturated carbocycles. The average Bonchev–Trinajstić information content (AvgIpc) is 2.30. The lowest BCUT2D eigenvalue weighted by Gasteiger charge is -2.11. The zero-order chi connectivity index (χ0) is 12.8. The van der Waals surface area contributed by atoms with Crippen LogP contribution in [0.15, 0.2) is 22.7 Å². The Morgan fingerprint density at radius 2 is 2.29 bits per heavy atom. The van der Waals surface area contributed by atoms with E-state index in [9.17, 15) is 4.79 Å². The van der Waals surface area contributed by atoms with E-state index in [4.69, 9.17) is 18.0 Å². The Hall–Kier alpha value is -1.14. The van der Waals surface area contributed by atoms with Gasteiger partial charge in [0.25, 0.3) is 0 Å². The van der Waals surface area contributed by atoms with Gasteiger partial charge in [-0.2, -0.15) is 0 Å². The molecule has 0 radical (unpaired) electrons. The second-order valence-corrected chi connectivity index (χ2v) is 4.66. The third-order valence-corrected chi connectivity index (χ3v) is 2.83. The maximum absolute atomic E-state index is 11.0. The Morgan fingerprint density at radius 3 is 2.88 bits per heavy atom. The molecule has 0 bridgehead atoms. The highest BCUT2D eigenvalue weighted by Crippen LogP contribution is 2.21.